The molecule has 30 heavy (non-hydrogen) atoms. The molecule has 0 saturated heterocycles. The van der Waals surface area contributed by atoms with Crippen molar-refractivity contribution in [3.8, 4) is 17.1 Å². The third-order valence-corrected chi connectivity index (χ3v) is 5.05. The predicted molar refractivity (Wildman–Crippen MR) is 121 cm³/mol. The number of carbonyl (C=O) groups is 1. The fraction of sp³-hybridized carbons (Fsp3) is 0.0833. The molecular formula is C24H18BrNO4. The Labute approximate surface area is 181 Å². The van der Waals surface area contributed by atoms with E-state index in [0.717, 1.165) is 10.0 Å². The first-order valence-corrected chi connectivity index (χ1v) is 10.1. The lowest BCUT2D eigenvalue weighted by atomic mass is 10.1. The second-order valence-electron chi connectivity index (χ2n) is 6.80. The van der Waals surface area contributed by atoms with Crippen LogP contribution in [0.4, 0.5) is 5.69 Å². The minimum absolute atomic E-state index is 0.0171. The van der Waals surface area contributed by atoms with Crippen molar-refractivity contribution in [2.75, 3.05) is 11.9 Å². The standard InChI is InChI=1S/C24H18BrNO4/c1-15-7-12-19-20(13-15)30-23(16-5-3-2-4-6-16)24(22(19)28)29-14-21(27)26-18-10-8-17(25)9-11-18/h2-13H,14H2,1H3,(H,26,27). The fourth-order valence-corrected chi connectivity index (χ4v) is 3.33. The third-order valence-electron chi connectivity index (χ3n) is 4.52. The molecule has 0 fully saturated rings. The number of hydrogen-bond donors (Lipinski definition) is 1. The molecule has 1 amide bonds. The Morgan fingerprint density at radius 1 is 1.03 bits per heavy atom. The summed E-state index contributed by atoms with van der Waals surface area (Å²) in [4.78, 5) is 25.5. The number of carbonyl (C=O) groups excluding carboxylic acids is 1. The lowest BCUT2D eigenvalue weighted by molar-refractivity contribution is -0.118. The molecule has 0 bridgehead atoms. The monoisotopic (exact) mass is 463 g/mol. The van der Waals surface area contributed by atoms with E-state index >= 15 is 0 Å². The number of ether oxygens (including phenoxy) is 1. The maximum absolute atomic E-state index is 13.1. The highest BCUT2D eigenvalue weighted by atomic mass is 79.9. The second-order valence-corrected chi connectivity index (χ2v) is 7.71. The lowest BCUT2D eigenvalue weighted by Gasteiger charge is -2.12. The van der Waals surface area contributed by atoms with Crippen LogP contribution in [-0.2, 0) is 4.79 Å². The van der Waals surface area contributed by atoms with Crippen LogP contribution in [0, 0.1) is 6.92 Å². The van der Waals surface area contributed by atoms with Gasteiger partial charge in [-0.25, -0.2) is 0 Å². The second kappa shape index (κ2) is 8.55. The molecule has 6 heteroatoms. The summed E-state index contributed by atoms with van der Waals surface area (Å²) < 4.78 is 12.6. The molecule has 3 aromatic carbocycles. The Balaban J connectivity index is 1.67. The molecule has 0 atom stereocenters. The summed E-state index contributed by atoms with van der Waals surface area (Å²) in [5, 5.41) is 3.15. The summed E-state index contributed by atoms with van der Waals surface area (Å²) in [6, 6.07) is 21.8. The van der Waals surface area contributed by atoms with Crippen molar-refractivity contribution in [2.24, 2.45) is 0 Å². The highest BCUT2D eigenvalue weighted by Gasteiger charge is 2.19. The Morgan fingerprint density at radius 2 is 1.77 bits per heavy atom. The van der Waals surface area contributed by atoms with E-state index in [1.807, 2.05) is 61.5 Å². The van der Waals surface area contributed by atoms with E-state index < -0.39 is 0 Å². The van der Waals surface area contributed by atoms with Crippen molar-refractivity contribution in [1.82, 2.24) is 0 Å². The average Bonchev–Trinajstić information content (AvgIpc) is 2.75. The minimum Gasteiger partial charge on any atom is -0.476 e. The number of aryl methyl sites for hydroxylation is 1. The highest BCUT2D eigenvalue weighted by Crippen LogP contribution is 2.31. The van der Waals surface area contributed by atoms with Crippen LogP contribution in [0.5, 0.6) is 5.75 Å². The fourth-order valence-electron chi connectivity index (χ4n) is 3.06. The van der Waals surface area contributed by atoms with Gasteiger partial charge in [0.2, 0.25) is 11.2 Å². The molecule has 150 valence electrons. The average molecular weight is 464 g/mol. The van der Waals surface area contributed by atoms with E-state index in [1.165, 1.54) is 0 Å². The van der Waals surface area contributed by atoms with Crippen LogP contribution in [-0.4, -0.2) is 12.5 Å². The van der Waals surface area contributed by atoms with Gasteiger partial charge in [0.25, 0.3) is 5.91 Å². The van der Waals surface area contributed by atoms with Gasteiger partial charge in [-0.05, 0) is 48.9 Å². The molecule has 0 aliphatic carbocycles. The van der Waals surface area contributed by atoms with Crippen molar-refractivity contribution >= 4 is 38.5 Å². The number of anilines is 1. The smallest absolute Gasteiger partial charge is 0.262 e. The number of fused-ring (bicyclic) bond motifs is 1. The molecule has 1 aromatic heterocycles. The van der Waals surface area contributed by atoms with Crippen LogP contribution in [0.2, 0.25) is 0 Å². The summed E-state index contributed by atoms with van der Waals surface area (Å²) in [7, 11) is 0. The van der Waals surface area contributed by atoms with Gasteiger partial charge in [0, 0.05) is 15.7 Å². The maximum atomic E-state index is 13.1. The minimum atomic E-state index is -0.375. The number of amides is 1. The van der Waals surface area contributed by atoms with Gasteiger partial charge in [-0.15, -0.1) is 0 Å². The van der Waals surface area contributed by atoms with Gasteiger partial charge in [-0.3, -0.25) is 9.59 Å². The van der Waals surface area contributed by atoms with Crippen molar-refractivity contribution < 1.29 is 13.9 Å². The summed E-state index contributed by atoms with van der Waals surface area (Å²) in [6.45, 7) is 1.61. The largest absolute Gasteiger partial charge is 0.476 e. The van der Waals surface area contributed by atoms with Gasteiger partial charge in [0.15, 0.2) is 12.4 Å². The molecule has 1 N–H and O–H groups in total. The maximum Gasteiger partial charge on any atom is 0.262 e. The van der Waals surface area contributed by atoms with Crippen molar-refractivity contribution in [2.45, 2.75) is 6.92 Å². The Bertz CT molecular complexity index is 1260. The van der Waals surface area contributed by atoms with Gasteiger partial charge < -0.3 is 14.5 Å². The zero-order valence-corrected chi connectivity index (χ0v) is 17.7. The molecule has 4 rings (SSSR count). The van der Waals surface area contributed by atoms with Crippen molar-refractivity contribution in [1.29, 1.82) is 0 Å². The first-order chi connectivity index (χ1) is 14.5. The zero-order valence-electron chi connectivity index (χ0n) is 16.1. The van der Waals surface area contributed by atoms with Crippen LogP contribution in [0.3, 0.4) is 0 Å². The molecule has 0 unspecified atom stereocenters. The quantitative estimate of drug-likeness (QED) is 0.421. The van der Waals surface area contributed by atoms with Gasteiger partial charge in [0.05, 0.1) is 5.39 Å². The lowest BCUT2D eigenvalue weighted by Crippen LogP contribution is -2.22. The summed E-state index contributed by atoms with van der Waals surface area (Å²) in [5.74, 6) is -0.0570. The van der Waals surface area contributed by atoms with Crippen LogP contribution in [0.15, 0.2) is 86.5 Å². The van der Waals surface area contributed by atoms with Gasteiger partial charge in [0.1, 0.15) is 5.58 Å². The molecule has 0 radical (unpaired) electrons. The molecule has 5 nitrogen and oxygen atoms in total. The van der Waals surface area contributed by atoms with Crippen molar-refractivity contribution in [3.63, 3.8) is 0 Å². The van der Waals surface area contributed by atoms with E-state index in [2.05, 4.69) is 21.2 Å². The molecule has 0 aliphatic rings. The molecule has 4 aromatic rings. The number of benzene rings is 3. The Kier molecular flexibility index (Phi) is 5.68. The van der Waals surface area contributed by atoms with Gasteiger partial charge >= 0.3 is 0 Å². The normalized spacial score (nSPS) is 10.7. The molecular weight excluding hydrogens is 446 g/mol. The van der Waals surface area contributed by atoms with Gasteiger partial charge in [-0.1, -0.05) is 52.3 Å². The number of nitrogens with one attached hydrogen (secondary N) is 1. The first-order valence-electron chi connectivity index (χ1n) is 9.32. The SMILES string of the molecule is Cc1ccc2c(=O)c(OCC(=O)Nc3ccc(Br)cc3)c(-c3ccccc3)oc2c1. The van der Waals surface area contributed by atoms with Gasteiger partial charge in [-0.2, -0.15) is 0 Å². The van der Waals surface area contributed by atoms with Crippen LogP contribution in [0.25, 0.3) is 22.3 Å². The van der Waals surface area contributed by atoms with E-state index in [0.29, 0.717) is 28.0 Å². The molecule has 0 spiro atoms. The highest BCUT2D eigenvalue weighted by molar-refractivity contribution is 9.10. The number of halogens is 1. The first kappa shape index (κ1) is 19.9. The molecule has 0 saturated carbocycles. The summed E-state index contributed by atoms with van der Waals surface area (Å²) >= 11 is 3.35. The Morgan fingerprint density at radius 3 is 2.50 bits per heavy atom. The van der Waals surface area contributed by atoms with Crippen LogP contribution in [0.1, 0.15) is 5.56 Å². The molecule has 1 heterocycles. The summed E-state index contributed by atoms with van der Waals surface area (Å²) in [6.07, 6.45) is 0. The van der Waals surface area contributed by atoms with E-state index in [-0.39, 0.29) is 23.7 Å². The zero-order chi connectivity index (χ0) is 21.1. The van der Waals surface area contributed by atoms with Crippen molar-refractivity contribution in [3.05, 3.63) is 93.1 Å². The number of hydrogen-bond acceptors (Lipinski definition) is 4. The van der Waals surface area contributed by atoms with E-state index in [9.17, 15) is 9.59 Å². The van der Waals surface area contributed by atoms with E-state index in [4.69, 9.17) is 9.15 Å². The predicted octanol–water partition coefficient (Wildman–Crippen LogP) is 5.55. The van der Waals surface area contributed by atoms with Crippen LogP contribution >= 0.6 is 15.9 Å². The van der Waals surface area contributed by atoms with E-state index in [1.54, 1.807) is 18.2 Å². The Hall–Kier alpha value is -3.38. The summed E-state index contributed by atoms with van der Waals surface area (Å²) in [5.41, 5.74) is 2.47. The number of rotatable bonds is 5. The van der Waals surface area contributed by atoms with Crippen LogP contribution < -0.4 is 15.5 Å². The third kappa shape index (κ3) is 4.28. The molecule has 0 aliphatic heterocycles. The topological polar surface area (TPSA) is 68.5 Å².